The highest BCUT2D eigenvalue weighted by Crippen LogP contribution is 1.44. The molecule has 0 rings (SSSR count). The average Bonchev–Trinajstić information content (AvgIpc) is 1.33. The van der Waals surface area contributed by atoms with E-state index < -0.39 is 5.09 Å². The molecule has 0 atom stereocenters. The van der Waals surface area contributed by atoms with E-state index in [2.05, 4.69) is 0 Å². The first-order valence-corrected chi connectivity index (χ1v) is 0.897. The van der Waals surface area contributed by atoms with Gasteiger partial charge in [-0.15, -0.1) is 0 Å². The maximum atomic E-state index is 8.25. The van der Waals surface area contributed by atoms with Gasteiger partial charge in [0, 0.05) is 0 Å². The van der Waals surface area contributed by atoms with Gasteiger partial charge in [0.05, 0.1) is 5.09 Å². The van der Waals surface area contributed by atoms with Crippen LogP contribution in [0, 0.1) is 25.0 Å². The van der Waals surface area contributed by atoms with Crippen LogP contribution in [0.5, 0.6) is 0 Å². The van der Waals surface area contributed by atoms with Gasteiger partial charge in [0.25, 0.3) is 4.96 Å². The molecule has 0 fully saturated rings. The Bertz CT molecular complexity index is 51.2. The molecule has 0 spiro atoms. The van der Waals surface area contributed by atoms with Gasteiger partial charge in [0.15, 0.2) is 0 Å². The molecule has 0 aromatic heterocycles. The average molecular weight is 111 g/mol. The van der Waals surface area contributed by atoms with Gasteiger partial charge in [-0.3, -0.25) is 0 Å². The van der Waals surface area contributed by atoms with Gasteiger partial charge < -0.3 is 15.3 Å². The number of hydrogen-bond acceptors (Lipinski definition) is 4. The first-order chi connectivity index (χ1) is 3.15. The minimum absolute atomic E-state index is 1.75. The van der Waals surface area contributed by atoms with Crippen LogP contribution in [0.25, 0.3) is 0 Å². The maximum absolute atomic E-state index is 8.25. The summed E-state index contributed by atoms with van der Waals surface area (Å²) < 4.78 is 2.00. The van der Waals surface area contributed by atoms with Crippen LogP contribution in [0.15, 0.2) is 0 Å². The fourth-order valence-corrected chi connectivity index (χ4v) is 0. The summed E-state index contributed by atoms with van der Waals surface area (Å²) in [4.78, 5) is 16.2. The van der Waals surface area contributed by atoms with Gasteiger partial charge in [-0.2, -0.15) is 0 Å². The molecular weight excluding hydrogens is 110 g/mol. The molecular formula is HNO6. The zero-order chi connectivity index (χ0) is 6.28. The van der Waals surface area contributed by atoms with E-state index in [4.69, 9.17) is 25.5 Å². The van der Waals surface area contributed by atoms with Crippen molar-refractivity contribution in [1.82, 2.24) is 0 Å². The predicted octanol–water partition coefficient (Wildman–Crippen LogP) is -0.163. The fourth-order valence-electron chi connectivity index (χ4n) is 0. The van der Waals surface area contributed by atoms with E-state index in [9.17, 15) is 0 Å². The van der Waals surface area contributed by atoms with Crippen molar-refractivity contribution < 1.29 is 10.3 Å². The second kappa shape index (κ2) is 8.82. The lowest BCUT2D eigenvalue weighted by molar-refractivity contribution is -0.402. The Morgan fingerprint density at radius 1 is 1.57 bits per heavy atom. The van der Waals surface area contributed by atoms with Crippen LogP contribution < -0.4 is 0 Å². The lowest BCUT2D eigenvalue weighted by atomic mass is 13.1. The second-order valence-corrected chi connectivity index (χ2v) is 0.298. The summed E-state index contributed by atoms with van der Waals surface area (Å²) in [7, 11) is 0. The molecule has 42 valence electrons. The molecule has 0 aromatic rings. The molecule has 1 N–H and O–H groups in total. The van der Waals surface area contributed by atoms with E-state index in [-0.39, 0.29) is 0 Å². The minimum Gasteiger partial charge on any atom is -0.356 e. The highest BCUT2D eigenvalue weighted by atomic mass is 17.2. The van der Waals surface area contributed by atoms with Crippen molar-refractivity contribution in [2.75, 3.05) is 0 Å². The smallest absolute Gasteiger partial charge is 0.356 e. The maximum Gasteiger partial charge on any atom is 0.374 e. The highest BCUT2D eigenvalue weighted by Gasteiger charge is 1.46. The van der Waals surface area contributed by atoms with Crippen molar-refractivity contribution in [2.24, 2.45) is 0 Å². The fraction of sp³-hybridized carbons (Fsp3) is 0. The van der Waals surface area contributed by atoms with Crippen molar-refractivity contribution in [3.8, 4) is 0 Å². The van der Waals surface area contributed by atoms with Gasteiger partial charge in [0.2, 0.25) is 0 Å². The SMILES string of the molecule is O=[N+]([O-])[O-].O=[O+]O. The van der Waals surface area contributed by atoms with Crippen LogP contribution >= 0.6 is 0 Å². The molecule has 0 aliphatic carbocycles. The summed E-state index contributed by atoms with van der Waals surface area (Å²) in [6, 6.07) is 0. The van der Waals surface area contributed by atoms with Gasteiger partial charge in [-0.05, 0) is 0 Å². The second-order valence-electron chi connectivity index (χ2n) is 0.298. The van der Waals surface area contributed by atoms with Gasteiger partial charge in [0.1, 0.15) is 0 Å². The molecule has 0 heterocycles. The molecule has 7 heteroatoms. The normalized spacial score (nSPS) is 5.14. The Labute approximate surface area is 36.8 Å². The third-order valence-electron chi connectivity index (χ3n) is 0. The van der Waals surface area contributed by atoms with E-state index >= 15 is 0 Å². The largest absolute Gasteiger partial charge is 0.374 e. The Kier molecular flexibility index (Phi) is 11.5. The van der Waals surface area contributed by atoms with Crippen molar-refractivity contribution in [3.05, 3.63) is 25.0 Å². The van der Waals surface area contributed by atoms with Gasteiger partial charge in [-0.1, -0.05) is 5.26 Å². The van der Waals surface area contributed by atoms with E-state index in [0.29, 0.717) is 0 Å². The topological polar surface area (TPSA) is 115 Å². The van der Waals surface area contributed by atoms with Crippen LogP contribution in [-0.4, -0.2) is 10.3 Å². The lowest BCUT2D eigenvalue weighted by Gasteiger charge is -1.74. The third kappa shape index (κ3) is 15.9. The van der Waals surface area contributed by atoms with E-state index in [0.717, 1.165) is 0 Å². The van der Waals surface area contributed by atoms with Crippen molar-refractivity contribution in [2.45, 2.75) is 0 Å². The zero-order valence-corrected chi connectivity index (χ0v) is 2.94. The third-order valence-corrected chi connectivity index (χ3v) is 0. The summed E-state index contributed by atoms with van der Waals surface area (Å²) in [6.45, 7) is 0. The first kappa shape index (κ1) is 9.14. The lowest BCUT2D eigenvalue weighted by Crippen LogP contribution is -1.74. The van der Waals surface area contributed by atoms with Crippen LogP contribution in [0.4, 0.5) is 0 Å². The summed E-state index contributed by atoms with van der Waals surface area (Å²) in [6.07, 6.45) is 0. The van der Waals surface area contributed by atoms with E-state index in [1.165, 1.54) is 0 Å². The van der Waals surface area contributed by atoms with Crippen LogP contribution in [0.1, 0.15) is 0 Å². The molecule has 7 nitrogen and oxygen atoms in total. The van der Waals surface area contributed by atoms with E-state index in [1.54, 1.807) is 0 Å². The minimum atomic E-state index is -1.75. The number of nitrogens with zero attached hydrogens (tertiary/aromatic N) is 1. The van der Waals surface area contributed by atoms with Crippen molar-refractivity contribution >= 4 is 0 Å². The predicted molar refractivity (Wildman–Crippen MR) is 19.7 cm³/mol. The molecule has 0 radical (unpaired) electrons. The molecule has 0 aliphatic rings. The van der Waals surface area contributed by atoms with Crippen LogP contribution in [0.2, 0.25) is 0 Å². The zero-order valence-electron chi connectivity index (χ0n) is 2.94. The molecule has 0 bridgehead atoms. The molecule has 0 aliphatic heterocycles. The summed E-state index contributed by atoms with van der Waals surface area (Å²) in [5, 5.41) is 21.3. The Hall–Kier alpha value is -1.40. The van der Waals surface area contributed by atoms with Crippen LogP contribution in [-0.2, 0) is 0 Å². The van der Waals surface area contributed by atoms with Gasteiger partial charge >= 0.3 is 4.75 Å². The Morgan fingerprint density at radius 2 is 1.57 bits per heavy atom. The molecule has 0 saturated heterocycles. The highest BCUT2D eigenvalue weighted by molar-refractivity contribution is 4.24. The quantitative estimate of drug-likeness (QED) is 0.202. The number of hydrogen-bond donors (Lipinski definition) is 1. The monoisotopic (exact) mass is 111 g/mol. The van der Waals surface area contributed by atoms with Crippen molar-refractivity contribution in [1.29, 1.82) is 0 Å². The summed E-state index contributed by atoms with van der Waals surface area (Å²) >= 11 is 0. The first-order valence-electron chi connectivity index (χ1n) is 0.897. The molecule has 0 saturated carbocycles. The number of rotatable bonds is 0. The Balaban J connectivity index is 0. The Morgan fingerprint density at radius 3 is 1.57 bits per heavy atom. The standard InChI is InChI=1S/NO3.HO3/c2-1(3)4;1-3-2/h;1H/q-1;+1. The van der Waals surface area contributed by atoms with Crippen LogP contribution in [0.3, 0.4) is 0 Å². The summed E-state index contributed by atoms with van der Waals surface area (Å²) in [5.74, 6) is 0. The van der Waals surface area contributed by atoms with Gasteiger partial charge in [-0.25, -0.2) is 0 Å². The molecule has 0 unspecified atom stereocenters. The van der Waals surface area contributed by atoms with E-state index in [1.807, 2.05) is 4.75 Å². The molecule has 0 aromatic carbocycles. The van der Waals surface area contributed by atoms with Crippen molar-refractivity contribution in [3.63, 3.8) is 0 Å². The summed E-state index contributed by atoms with van der Waals surface area (Å²) in [5.41, 5.74) is 0. The molecule has 7 heavy (non-hydrogen) atoms. The molecule has 0 amide bonds.